The first kappa shape index (κ1) is 16.2. The van der Waals surface area contributed by atoms with Gasteiger partial charge in [-0.2, -0.15) is 13.2 Å². The normalized spacial score (nSPS) is 16.5. The smallest absolute Gasteiger partial charge is 0.417 e. The fourth-order valence-electron chi connectivity index (χ4n) is 0.993. The van der Waals surface area contributed by atoms with Gasteiger partial charge in [0, 0.05) is 0 Å². The lowest BCUT2D eigenvalue weighted by atomic mass is 10.0. The van der Waals surface area contributed by atoms with Crippen molar-refractivity contribution in [3.05, 3.63) is 0 Å². The number of nitrogens with one attached hydrogen (secondary N) is 2. The number of hydrogen-bond acceptors (Lipinski definition) is 4. The first-order valence-electron chi connectivity index (χ1n) is 4.60. The molecule has 0 fully saturated rings. The fraction of sp³-hybridized carbons (Fsp3) is 0.625. The number of rotatable bonds is 4. The number of carbonyl (C=O) groups is 3. The molecule has 0 heterocycles. The van der Waals surface area contributed by atoms with Crippen molar-refractivity contribution < 1.29 is 32.7 Å². The van der Waals surface area contributed by atoms with Gasteiger partial charge in [0.05, 0.1) is 6.04 Å². The van der Waals surface area contributed by atoms with Crippen LogP contribution >= 0.6 is 0 Å². The number of imide groups is 1. The van der Waals surface area contributed by atoms with E-state index in [1.165, 1.54) is 5.32 Å². The van der Waals surface area contributed by atoms with Crippen molar-refractivity contribution in [1.29, 1.82) is 0 Å². The summed E-state index contributed by atoms with van der Waals surface area (Å²) in [5, 5.41) is 11.7. The Hall–Kier alpha value is -1.84. The summed E-state index contributed by atoms with van der Waals surface area (Å²) in [6.45, 7) is 1.33. The largest absolute Gasteiger partial charge is 0.480 e. The minimum absolute atomic E-state index is 0.364. The zero-order valence-electron chi connectivity index (χ0n) is 9.46. The summed E-state index contributed by atoms with van der Waals surface area (Å²) in [4.78, 5) is 32.1. The monoisotopic (exact) mass is 271 g/mol. The maximum Gasteiger partial charge on any atom is 0.417 e. The molecule has 2 unspecified atom stereocenters. The highest BCUT2D eigenvalue weighted by Crippen LogP contribution is 2.30. The molecule has 0 aromatic rings. The van der Waals surface area contributed by atoms with Crippen LogP contribution in [0.25, 0.3) is 0 Å². The Labute approximate surface area is 99.5 Å². The third-order valence-corrected chi connectivity index (χ3v) is 2.14. The van der Waals surface area contributed by atoms with Crippen LogP contribution in [0.1, 0.15) is 13.8 Å². The Morgan fingerprint density at radius 1 is 1.28 bits per heavy atom. The second kappa shape index (κ2) is 5.21. The van der Waals surface area contributed by atoms with E-state index in [9.17, 15) is 27.6 Å². The second-order valence-corrected chi connectivity index (χ2v) is 3.65. The third-order valence-electron chi connectivity index (χ3n) is 2.14. The van der Waals surface area contributed by atoms with Crippen LogP contribution in [-0.2, 0) is 9.59 Å². The van der Waals surface area contributed by atoms with Gasteiger partial charge in [-0.15, -0.1) is 0 Å². The van der Waals surface area contributed by atoms with E-state index in [0.717, 1.165) is 6.92 Å². The zero-order valence-corrected chi connectivity index (χ0v) is 9.46. The predicted octanol–water partition coefficient (Wildman–Crippen LogP) is -0.435. The number of primary amides is 1. The number of aliphatic carboxylic acids is 1. The number of halogens is 3. The molecule has 104 valence electrons. The Kier molecular flexibility index (Phi) is 4.68. The van der Waals surface area contributed by atoms with Crippen LogP contribution in [0.4, 0.5) is 18.0 Å². The van der Waals surface area contributed by atoms with E-state index in [1.807, 2.05) is 0 Å². The van der Waals surface area contributed by atoms with Crippen LogP contribution in [-0.4, -0.2) is 40.8 Å². The minimum Gasteiger partial charge on any atom is -0.480 e. The molecule has 5 N–H and O–H groups in total. The van der Waals surface area contributed by atoms with Gasteiger partial charge in [0.15, 0.2) is 0 Å². The molecule has 18 heavy (non-hydrogen) atoms. The zero-order chi connectivity index (χ0) is 14.7. The molecule has 0 saturated carbocycles. The van der Waals surface area contributed by atoms with E-state index in [4.69, 9.17) is 5.11 Å². The Bertz CT molecular complexity index is 371. The number of hydrogen-bond donors (Lipinski definition) is 4. The number of carboxylic acids is 1. The highest BCUT2D eigenvalue weighted by Gasteiger charge is 2.58. The summed E-state index contributed by atoms with van der Waals surface area (Å²) in [7, 11) is 0. The number of nitrogens with two attached hydrogens (primary N) is 1. The van der Waals surface area contributed by atoms with Gasteiger partial charge in [-0.25, -0.2) is 9.59 Å². The minimum atomic E-state index is -5.12. The number of carboxylic acid groups (broad SMARTS) is 1. The van der Waals surface area contributed by atoms with Crippen molar-refractivity contribution in [2.45, 2.75) is 31.6 Å². The molecule has 0 aliphatic heterocycles. The van der Waals surface area contributed by atoms with Crippen LogP contribution in [0, 0.1) is 0 Å². The molecular weight excluding hydrogens is 259 g/mol. The fourth-order valence-corrected chi connectivity index (χ4v) is 0.993. The van der Waals surface area contributed by atoms with E-state index in [-0.39, 0.29) is 0 Å². The number of alkyl halides is 3. The van der Waals surface area contributed by atoms with Crippen LogP contribution in [0.15, 0.2) is 0 Å². The molecule has 7 nitrogen and oxygen atoms in total. The molecular formula is C8H12F3N3O4. The second-order valence-electron chi connectivity index (χ2n) is 3.65. The van der Waals surface area contributed by atoms with Crippen LogP contribution in [0.2, 0.25) is 0 Å². The molecule has 0 rings (SSSR count). The van der Waals surface area contributed by atoms with Crippen molar-refractivity contribution >= 4 is 17.9 Å². The summed E-state index contributed by atoms with van der Waals surface area (Å²) in [6, 6.07) is -2.84. The molecule has 0 aromatic heterocycles. The Morgan fingerprint density at radius 3 is 2.00 bits per heavy atom. The predicted molar refractivity (Wildman–Crippen MR) is 52.4 cm³/mol. The topological polar surface area (TPSA) is 122 Å². The molecule has 0 saturated heterocycles. The lowest BCUT2D eigenvalue weighted by molar-refractivity contribution is -0.207. The molecule has 10 heteroatoms. The standard InChI is InChI=1S/C8H12F3N3O4/c1-3(4(15)13-6(12)18)14-7(2,5(16)17)8(9,10)11/h3,14H,1-2H3,(H,16,17)(H3,12,13,15,18). The van der Waals surface area contributed by atoms with Crippen LogP contribution < -0.4 is 16.4 Å². The maximum absolute atomic E-state index is 12.6. The summed E-state index contributed by atoms with van der Waals surface area (Å²) in [5.74, 6) is -3.37. The van der Waals surface area contributed by atoms with Gasteiger partial charge >= 0.3 is 18.2 Å². The first-order valence-corrected chi connectivity index (χ1v) is 4.60. The molecule has 0 spiro atoms. The molecule has 0 radical (unpaired) electrons. The summed E-state index contributed by atoms with van der Waals surface area (Å²) in [5.41, 5.74) is 1.29. The lowest BCUT2D eigenvalue weighted by Gasteiger charge is -2.31. The van der Waals surface area contributed by atoms with Gasteiger partial charge in [-0.1, -0.05) is 0 Å². The van der Waals surface area contributed by atoms with Crippen LogP contribution in [0.3, 0.4) is 0 Å². The number of amides is 3. The third kappa shape index (κ3) is 3.58. The number of carbonyl (C=O) groups excluding carboxylic acids is 2. The average Bonchev–Trinajstić information content (AvgIpc) is 2.13. The Balaban J connectivity index is 4.98. The van der Waals surface area contributed by atoms with Gasteiger partial charge < -0.3 is 10.8 Å². The lowest BCUT2D eigenvalue weighted by Crippen LogP contribution is -2.65. The molecule has 0 aromatic carbocycles. The number of urea groups is 1. The highest BCUT2D eigenvalue weighted by atomic mass is 19.4. The van der Waals surface area contributed by atoms with E-state index in [1.54, 1.807) is 5.32 Å². The Morgan fingerprint density at radius 2 is 1.72 bits per heavy atom. The molecule has 2 atom stereocenters. The van der Waals surface area contributed by atoms with Crippen molar-refractivity contribution in [2.24, 2.45) is 5.73 Å². The summed E-state index contributed by atoms with van der Waals surface area (Å²) < 4.78 is 37.7. The molecule has 0 aliphatic rings. The van der Waals surface area contributed by atoms with Crippen LogP contribution in [0.5, 0.6) is 0 Å². The average molecular weight is 271 g/mol. The van der Waals surface area contributed by atoms with Crippen molar-refractivity contribution in [1.82, 2.24) is 10.6 Å². The van der Waals surface area contributed by atoms with Crippen molar-refractivity contribution in [3.63, 3.8) is 0 Å². The maximum atomic E-state index is 12.6. The summed E-state index contributed by atoms with van der Waals surface area (Å²) >= 11 is 0. The van der Waals surface area contributed by atoms with Crippen molar-refractivity contribution in [2.75, 3.05) is 0 Å². The van der Waals surface area contributed by atoms with Gasteiger partial charge in [-0.3, -0.25) is 15.4 Å². The highest BCUT2D eigenvalue weighted by molar-refractivity contribution is 5.96. The van der Waals surface area contributed by atoms with Gasteiger partial charge in [-0.05, 0) is 13.8 Å². The van der Waals surface area contributed by atoms with Gasteiger partial charge in [0.1, 0.15) is 0 Å². The van der Waals surface area contributed by atoms with Crippen molar-refractivity contribution in [3.8, 4) is 0 Å². The first-order chi connectivity index (χ1) is 7.91. The van der Waals surface area contributed by atoms with E-state index >= 15 is 0 Å². The van der Waals surface area contributed by atoms with E-state index in [0.29, 0.717) is 6.92 Å². The molecule has 0 bridgehead atoms. The van der Waals surface area contributed by atoms with Gasteiger partial charge in [0.25, 0.3) is 0 Å². The molecule has 3 amide bonds. The van der Waals surface area contributed by atoms with E-state index < -0.39 is 35.7 Å². The van der Waals surface area contributed by atoms with Gasteiger partial charge in [0.2, 0.25) is 11.4 Å². The summed E-state index contributed by atoms with van der Waals surface area (Å²) in [6.07, 6.45) is -5.12. The quantitative estimate of drug-likeness (QED) is 0.552. The van der Waals surface area contributed by atoms with E-state index in [2.05, 4.69) is 5.73 Å². The SMILES string of the molecule is CC(NC(C)(C(=O)O)C(F)(F)F)C(=O)NC(N)=O. The molecule has 0 aliphatic carbocycles.